The molecule has 1 aromatic rings. The highest BCUT2D eigenvalue weighted by Crippen LogP contribution is 2.36. The molecule has 0 saturated heterocycles. The van der Waals surface area contributed by atoms with Crippen LogP contribution in [0, 0.1) is 11.8 Å². The molecule has 0 aliphatic carbocycles. The Kier molecular flexibility index (Phi) is 9.43. The number of likely N-dealkylation sites (N-methyl/N-ethyl adjacent to an activating group) is 1. The van der Waals surface area contributed by atoms with E-state index in [-0.39, 0.29) is 11.8 Å². The highest BCUT2D eigenvalue weighted by molar-refractivity contribution is 6.32. The number of ether oxygens (including phenoxy) is 2. The third kappa shape index (κ3) is 7.29. The normalized spacial score (nSPS) is 12.0. The number of hydrogen-bond acceptors (Lipinski definition) is 4. The van der Waals surface area contributed by atoms with Crippen LogP contribution >= 0.6 is 11.6 Å². The van der Waals surface area contributed by atoms with E-state index in [0.717, 1.165) is 6.42 Å². The molecule has 0 bridgehead atoms. The van der Waals surface area contributed by atoms with E-state index in [9.17, 15) is 9.59 Å². The van der Waals surface area contributed by atoms with Crippen molar-refractivity contribution < 1.29 is 19.1 Å². The molecule has 7 heteroatoms. The van der Waals surface area contributed by atoms with Crippen LogP contribution in [0.5, 0.6) is 11.5 Å². The van der Waals surface area contributed by atoms with Crippen molar-refractivity contribution in [2.45, 2.75) is 46.6 Å². The van der Waals surface area contributed by atoms with Gasteiger partial charge in [-0.15, -0.1) is 0 Å². The second-order valence-corrected chi connectivity index (χ2v) is 7.70. The molecule has 152 valence electrons. The van der Waals surface area contributed by atoms with E-state index in [1.54, 1.807) is 13.1 Å². The molecule has 0 aromatic heterocycles. The maximum Gasteiger partial charge on any atom is 0.252 e. The van der Waals surface area contributed by atoms with Gasteiger partial charge in [-0.25, -0.2) is 0 Å². The number of carbonyl (C=O) groups excluding carboxylic acids is 2. The van der Waals surface area contributed by atoms with Crippen LogP contribution in [-0.4, -0.2) is 38.6 Å². The molecule has 2 amide bonds. The predicted octanol–water partition coefficient (Wildman–Crippen LogP) is 3.66. The summed E-state index contributed by atoms with van der Waals surface area (Å²) in [5.41, 5.74) is 0.311. The Balaban J connectivity index is 2.99. The van der Waals surface area contributed by atoms with E-state index in [2.05, 4.69) is 24.5 Å². The van der Waals surface area contributed by atoms with Crippen LogP contribution in [0.1, 0.15) is 50.9 Å². The summed E-state index contributed by atoms with van der Waals surface area (Å²) in [6, 6.07) is 2.48. The summed E-state index contributed by atoms with van der Waals surface area (Å²) in [6.07, 6.45) is 1.41. The number of carbonyl (C=O) groups is 2. The van der Waals surface area contributed by atoms with Crippen molar-refractivity contribution in [3.63, 3.8) is 0 Å². The van der Waals surface area contributed by atoms with Crippen molar-refractivity contribution in [3.8, 4) is 11.5 Å². The monoisotopic (exact) mass is 398 g/mol. The average Bonchev–Trinajstić information content (AvgIpc) is 2.60. The van der Waals surface area contributed by atoms with Crippen molar-refractivity contribution in [2.24, 2.45) is 11.8 Å². The van der Waals surface area contributed by atoms with Crippen LogP contribution in [0.2, 0.25) is 5.02 Å². The molecule has 0 spiro atoms. The quantitative estimate of drug-likeness (QED) is 0.630. The molecule has 0 fully saturated rings. The van der Waals surface area contributed by atoms with E-state index in [1.807, 2.05) is 13.8 Å². The van der Waals surface area contributed by atoms with Gasteiger partial charge in [0.15, 0.2) is 11.5 Å². The molecule has 0 aliphatic heterocycles. The van der Waals surface area contributed by atoms with Gasteiger partial charge < -0.3 is 20.1 Å². The Morgan fingerprint density at radius 3 is 2.33 bits per heavy atom. The standard InChI is InChI=1S/C20H31ClN2O4/c1-12(2)7-8-27-18-15(21)10-14(11-17(18)26-6)19(24)23-16(9-13(3)4)20(25)22-5/h10-13,16H,7-9H2,1-6H3,(H,22,25)(H,23,24). The lowest BCUT2D eigenvalue weighted by Crippen LogP contribution is -2.46. The lowest BCUT2D eigenvalue weighted by molar-refractivity contribution is -0.122. The topological polar surface area (TPSA) is 76.7 Å². The molecule has 1 aromatic carbocycles. The molecule has 1 unspecified atom stereocenters. The third-order valence-corrected chi connectivity index (χ3v) is 4.29. The SMILES string of the molecule is CNC(=O)C(CC(C)C)NC(=O)c1cc(Cl)c(OCCC(C)C)c(OC)c1. The highest BCUT2D eigenvalue weighted by atomic mass is 35.5. The van der Waals surface area contributed by atoms with Crippen LogP contribution in [0.25, 0.3) is 0 Å². The molecule has 0 heterocycles. The minimum absolute atomic E-state index is 0.233. The maximum atomic E-state index is 12.6. The predicted molar refractivity (Wildman–Crippen MR) is 108 cm³/mol. The number of amides is 2. The lowest BCUT2D eigenvalue weighted by Gasteiger charge is -2.20. The number of rotatable bonds is 10. The summed E-state index contributed by atoms with van der Waals surface area (Å²) in [5, 5.41) is 5.64. The molecular weight excluding hydrogens is 368 g/mol. The summed E-state index contributed by atoms with van der Waals surface area (Å²) in [7, 11) is 3.04. The molecule has 0 aliphatic rings. The van der Waals surface area contributed by atoms with Gasteiger partial charge in [0.25, 0.3) is 5.91 Å². The number of benzene rings is 1. The molecule has 6 nitrogen and oxygen atoms in total. The van der Waals surface area contributed by atoms with Gasteiger partial charge >= 0.3 is 0 Å². The first-order chi connectivity index (χ1) is 12.7. The summed E-state index contributed by atoms with van der Waals surface area (Å²) >= 11 is 6.32. The van der Waals surface area contributed by atoms with Gasteiger partial charge in [-0.3, -0.25) is 9.59 Å². The van der Waals surface area contributed by atoms with Gasteiger partial charge in [-0.05, 0) is 36.8 Å². The van der Waals surface area contributed by atoms with Crippen molar-refractivity contribution in [1.29, 1.82) is 0 Å². The van der Waals surface area contributed by atoms with Gasteiger partial charge in [-0.2, -0.15) is 0 Å². The van der Waals surface area contributed by atoms with Crippen molar-refractivity contribution in [2.75, 3.05) is 20.8 Å². The van der Waals surface area contributed by atoms with Gasteiger partial charge in [0.05, 0.1) is 18.7 Å². The molecular formula is C20H31ClN2O4. The molecule has 1 atom stereocenters. The van der Waals surface area contributed by atoms with Crippen LogP contribution in [0.15, 0.2) is 12.1 Å². The average molecular weight is 399 g/mol. The van der Waals surface area contributed by atoms with Gasteiger partial charge in [0.2, 0.25) is 5.91 Å². The number of nitrogens with one attached hydrogen (secondary N) is 2. The van der Waals surface area contributed by atoms with Gasteiger partial charge in [0.1, 0.15) is 6.04 Å². The Morgan fingerprint density at radius 2 is 1.81 bits per heavy atom. The fourth-order valence-electron chi connectivity index (χ4n) is 2.51. The number of halogens is 1. The summed E-state index contributed by atoms with van der Waals surface area (Å²) in [4.78, 5) is 24.7. The van der Waals surface area contributed by atoms with Crippen molar-refractivity contribution in [3.05, 3.63) is 22.7 Å². The molecule has 0 saturated carbocycles. The second kappa shape index (κ2) is 11.0. The van der Waals surface area contributed by atoms with Crippen LogP contribution in [-0.2, 0) is 4.79 Å². The Hall–Kier alpha value is -1.95. The van der Waals surface area contributed by atoms with E-state index >= 15 is 0 Å². The molecule has 1 rings (SSSR count). The Labute approximate surface area is 166 Å². The summed E-state index contributed by atoms with van der Waals surface area (Å²) in [6.45, 7) is 8.70. The van der Waals surface area contributed by atoms with Crippen molar-refractivity contribution >= 4 is 23.4 Å². The van der Waals surface area contributed by atoms with Crippen molar-refractivity contribution in [1.82, 2.24) is 10.6 Å². The van der Waals surface area contributed by atoms with Crippen LogP contribution in [0.3, 0.4) is 0 Å². The molecule has 2 N–H and O–H groups in total. The zero-order valence-electron chi connectivity index (χ0n) is 17.0. The Bertz CT molecular complexity index is 647. The third-order valence-electron chi connectivity index (χ3n) is 4.01. The molecule has 27 heavy (non-hydrogen) atoms. The smallest absolute Gasteiger partial charge is 0.252 e. The minimum atomic E-state index is -0.616. The second-order valence-electron chi connectivity index (χ2n) is 7.29. The van der Waals surface area contributed by atoms with Crippen LogP contribution < -0.4 is 20.1 Å². The zero-order chi connectivity index (χ0) is 20.6. The molecule has 0 radical (unpaired) electrons. The lowest BCUT2D eigenvalue weighted by atomic mass is 10.0. The van der Waals surface area contributed by atoms with E-state index in [1.165, 1.54) is 13.2 Å². The van der Waals surface area contributed by atoms with E-state index in [4.69, 9.17) is 21.1 Å². The summed E-state index contributed by atoms with van der Waals surface area (Å²) in [5.74, 6) is 0.935. The highest BCUT2D eigenvalue weighted by Gasteiger charge is 2.23. The van der Waals surface area contributed by atoms with Gasteiger partial charge in [-0.1, -0.05) is 39.3 Å². The van der Waals surface area contributed by atoms with Crippen LogP contribution in [0.4, 0.5) is 0 Å². The first kappa shape index (κ1) is 23.1. The fraction of sp³-hybridized carbons (Fsp3) is 0.600. The first-order valence-corrected chi connectivity index (χ1v) is 9.60. The summed E-state index contributed by atoms with van der Waals surface area (Å²) < 4.78 is 11.1. The number of hydrogen-bond donors (Lipinski definition) is 2. The van der Waals surface area contributed by atoms with E-state index < -0.39 is 11.9 Å². The Morgan fingerprint density at radius 1 is 1.15 bits per heavy atom. The number of methoxy groups -OCH3 is 1. The fourth-order valence-corrected chi connectivity index (χ4v) is 2.77. The van der Waals surface area contributed by atoms with E-state index in [0.29, 0.717) is 41.0 Å². The minimum Gasteiger partial charge on any atom is -0.493 e. The first-order valence-electron chi connectivity index (χ1n) is 9.22. The maximum absolute atomic E-state index is 12.6. The largest absolute Gasteiger partial charge is 0.493 e. The van der Waals surface area contributed by atoms with Gasteiger partial charge in [0, 0.05) is 12.6 Å². The zero-order valence-corrected chi connectivity index (χ0v) is 17.8.